The SMILES string of the molecule is CCN(CC)S(=O)(=O)c1cccc(S(=O)(=O)NCCC2CCNC2)c1.Cl. The molecule has 1 aliphatic heterocycles. The molecule has 1 atom stereocenters. The van der Waals surface area contributed by atoms with Crippen LogP contribution >= 0.6 is 12.4 Å². The summed E-state index contributed by atoms with van der Waals surface area (Å²) in [5.41, 5.74) is 0. The molecule has 1 heterocycles. The molecule has 0 radical (unpaired) electrons. The minimum absolute atomic E-state index is 0. The number of benzene rings is 1. The minimum Gasteiger partial charge on any atom is -0.316 e. The van der Waals surface area contributed by atoms with Crippen molar-refractivity contribution < 1.29 is 16.8 Å². The molecule has 1 aromatic carbocycles. The van der Waals surface area contributed by atoms with Gasteiger partial charge in [0.15, 0.2) is 0 Å². The van der Waals surface area contributed by atoms with Gasteiger partial charge in [0.25, 0.3) is 0 Å². The minimum atomic E-state index is -3.73. The van der Waals surface area contributed by atoms with Crippen LogP contribution < -0.4 is 10.0 Å². The van der Waals surface area contributed by atoms with Crippen molar-refractivity contribution in [2.75, 3.05) is 32.7 Å². The molecule has 0 amide bonds. The van der Waals surface area contributed by atoms with Gasteiger partial charge in [-0.05, 0) is 50.0 Å². The zero-order valence-corrected chi connectivity index (χ0v) is 17.6. The Hall–Kier alpha value is -0.710. The molecule has 0 aromatic heterocycles. The zero-order valence-electron chi connectivity index (χ0n) is 15.1. The maximum Gasteiger partial charge on any atom is 0.243 e. The normalized spacial score (nSPS) is 18.0. The predicted octanol–water partition coefficient (Wildman–Crippen LogP) is 1.42. The molecular weight excluding hydrogens is 398 g/mol. The molecule has 0 bridgehead atoms. The summed E-state index contributed by atoms with van der Waals surface area (Å²) in [4.78, 5) is -0.0238. The molecule has 0 spiro atoms. The van der Waals surface area contributed by atoms with Gasteiger partial charge in [-0.25, -0.2) is 21.6 Å². The van der Waals surface area contributed by atoms with E-state index in [1.54, 1.807) is 13.8 Å². The van der Waals surface area contributed by atoms with E-state index >= 15 is 0 Å². The maximum absolute atomic E-state index is 12.6. The highest BCUT2D eigenvalue weighted by Gasteiger charge is 2.24. The molecule has 1 saturated heterocycles. The van der Waals surface area contributed by atoms with Crippen LogP contribution in [0.5, 0.6) is 0 Å². The van der Waals surface area contributed by atoms with Gasteiger partial charge in [0.1, 0.15) is 0 Å². The van der Waals surface area contributed by atoms with E-state index in [4.69, 9.17) is 0 Å². The van der Waals surface area contributed by atoms with Crippen LogP contribution in [0.4, 0.5) is 0 Å². The fraction of sp³-hybridized carbons (Fsp3) is 0.625. The Morgan fingerprint density at radius 3 is 2.38 bits per heavy atom. The molecule has 7 nitrogen and oxygen atoms in total. The summed E-state index contributed by atoms with van der Waals surface area (Å²) in [7, 11) is -7.41. The highest BCUT2D eigenvalue weighted by molar-refractivity contribution is 7.90. The van der Waals surface area contributed by atoms with Gasteiger partial charge in [0.2, 0.25) is 20.0 Å². The maximum atomic E-state index is 12.6. The lowest BCUT2D eigenvalue weighted by Gasteiger charge is -2.19. The van der Waals surface area contributed by atoms with Crippen molar-refractivity contribution in [2.45, 2.75) is 36.5 Å². The van der Waals surface area contributed by atoms with Crippen LogP contribution in [0.2, 0.25) is 0 Å². The van der Waals surface area contributed by atoms with Crippen molar-refractivity contribution in [3.8, 4) is 0 Å². The fourth-order valence-electron chi connectivity index (χ4n) is 2.96. The first-order valence-corrected chi connectivity index (χ1v) is 11.5. The standard InChI is InChI=1S/C16H27N3O4S2.ClH/c1-3-19(4-2)25(22,23)16-7-5-6-15(12-16)24(20,21)18-11-9-14-8-10-17-13-14;/h5-7,12,14,17-18H,3-4,8-11,13H2,1-2H3;1H. The van der Waals surface area contributed by atoms with Gasteiger partial charge in [-0.2, -0.15) is 4.31 Å². The molecule has 10 heteroatoms. The van der Waals surface area contributed by atoms with Crippen molar-refractivity contribution in [1.29, 1.82) is 0 Å². The molecular formula is C16H28ClN3O4S2. The summed E-state index contributed by atoms with van der Waals surface area (Å²) in [6.07, 6.45) is 1.82. The Morgan fingerprint density at radius 1 is 1.15 bits per heavy atom. The van der Waals surface area contributed by atoms with E-state index in [1.165, 1.54) is 28.6 Å². The van der Waals surface area contributed by atoms with Crippen molar-refractivity contribution in [3.63, 3.8) is 0 Å². The van der Waals surface area contributed by atoms with Gasteiger partial charge in [0.05, 0.1) is 9.79 Å². The summed E-state index contributed by atoms with van der Waals surface area (Å²) in [5, 5.41) is 3.25. The molecule has 26 heavy (non-hydrogen) atoms. The van der Waals surface area contributed by atoms with Crippen LogP contribution in [0.25, 0.3) is 0 Å². The Labute approximate surface area is 163 Å². The summed E-state index contributed by atoms with van der Waals surface area (Å²) in [6.45, 7) is 6.42. The largest absolute Gasteiger partial charge is 0.316 e. The molecule has 1 unspecified atom stereocenters. The summed E-state index contributed by atoms with van der Waals surface area (Å²) >= 11 is 0. The number of sulfonamides is 2. The summed E-state index contributed by atoms with van der Waals surface area (Å²) in [5.74, 6) is 0.483. The topological polar surface area (TPSA) is 95.6 Å². The average Bonchev–Trinajstić information content (AvgIpc) is 3.09. The third kappa shape index (κ3) is 5.64. The fourth-order valence-corrected chi connectivity index (χ4v) is 5.63. The lowest BCUT2D eigenvalue weighted by molar-refractivity contribution is 0.445. The van der Waals surface area contributed by atoms with Gasteiger partial charge in [-0.3, -0.25) is 0 Å². The monoisotopic (exact) mass is 425 g/mol. The molecule has 0 aliphatic carbocycles. The number of hydrogen-bond acceptors (Lipinski definition) is 5. The van der Waals surface area contributed by atoms with Crippen LogP contribution in [0.1, 0.15) is 26.7 Å². The van der Waals surface area contributed by atoms with Crippen molar-refractivity contribution >= 4 is 32.5 Å². The third-order valence-electron chi connectivity index (χ3n) is 4.47. The van der Waals surface area contributed by atoms with Crippen LogP contribution in [-0.4, -0.2) is 53.9 Å². The lowest BCUT2D eigenvalue weighted by Crippen LogP contribution is -2.31. The molecule has 0 saturated carbocycles. The van der Waals surface area contributed by atoms with E-state index in [0.717, 1.165) is 25.9 Å². The third-order valence-corrected chi connectivity index (χ3v) is 7.97. The second kappa shape index (κ2) is 10.0. The smallest absolute Gasteiger partial charge is 0.243 e. The van der Waals surface area contributed by atoms with Gasteiger partial charge in [-0.1, -0.05) is 19.9 Å². The van der Waals surface area contributed by atoms with Crippen molar-refractivity contribution in [3.05, 3.63) is 24.3 Å². The average molecular weight is 426 g/mol. The van der Waals surface area contributed by atoms with Crippen molar-refractivity contribution in [1.82, 2.24) is 14.3 Å². The molecule has 2 rings (SSSR count). The number of halogens is 1. The van der Waals surface area contributed by atoms with E-state index in [-0.39, 0.29) is 22.2 Å². The predicted molar refractivity (Wildman–Crippen MR) is 105 cm³/mol. The summed E-state index contributed by atoms with van der Waals surface area (Å²) < 4.78 is 53.9. The van der Waals surface area contributed by atoms with E-state index in [9.17, 15) is 16.8 Å². The van der Waals surface area contributed by atoms with Gasteiger partial charge in [0, 0.05) is 19.6 Å². The van der Waals surface area contributed by atoms with Gasteiger partial charge < -0.3 is 5.32 Å². The number of rotatable bonds is 9. The molecule has 1 aliphatic rings. The molecule has 1 fully saturated rings. The second-order valence-corrected chi connectivity index (χ2v) is 9.81. The number of hydrogen-bond donors (Lipinski definition) is 2. The van der Waals surface area contributed by atoms with Crippen LogP contribution in [0, 0.1) is 5.92 Å². The molecule has 2 N–H and O–H groups in total. The summed E-state index contributed by atoms with van der Waals surface area (Å²) in [6, 6.07) is 5.54. The van der Waals surface area contributed by atoms with Crippen LogP contribution in [0.3, 0.4) is 0 Å². The number of nitrogens with one attached hydrogen (secondary N) is 2. The van der Waals surface area contributed by atoms with Crippen molar-refractivity contribution in [2.24, 2.45) is 5.92 Å². The van der Waals surface area contributed by atoms with E-state index < -0.39 is 20.0 Å². The Balaban J connectivity index is 0.00000338. The second-order valence-electron chi connectivity index (χ2n) is 6.11. The zero-order chi connectivity index (χ0) is 18.5. The Morgan fingerprint density at radius 2 is 1.81 bits per heavy atom. The quantitative estimate of drug-likeness (QED) is 0.623. The molecule has 150 valence electrons. The van der Waals surface area contributed by atoms with E-state index in [0.29, 0.717) is 25.6 Å². The first-order valence-electron chi connectivity index (χ1n) is 8.62. The highest BCUT2D eigenvalue weighted by atomic mass is 35.5. The highest BCUT2D eigenvalue weighted by Crippen LogP contribution is 2.20. The number of nitrogens with zero attached hydrogens (tertiary/aromatic N) is 1. The van der Waals surface area contributed by atoms with Crippen LogP contribution in [-0.2, 0) is 20.0 Å². The molecule has 1 aromatic rings. The first kappa shape index (κ1) is 23.3. The Bertz CT molecular complexity index is 774. The first-order chi connectivity index (χ1) is 11.8. The van der Waals surface area contributed by atoms with E-state index in [1.807, 2.05) is 0 Å². The van der Waals surface area contributed by atoms with Gasteiger partial charge >= 0.3 is 0 Å². The van der Waals surface area contributed by atoms with Crippen LogP contribution in [0.15, 0.2) is 34.1 Å². The lowest BCUT2D eigenvalue weighted by atomic mass is 10.1. The van der Waals surface area contributed by atoms with E-state index in [2.05, 4.69) is 10.0 Å². The van der Waals surface area contributed by atoms with Gasteiger partial charge in [-0.15, -0.1) is 12.4 Å². The Kier molecular flexibility index (Phi) is 8.98.